The molecular weight excluding hydrogens is 222 g/mol. The Morgan fingerprint density at radius 3 is 2.47 bits per heavy atom. The number of carbonyl (C=O) groups is 2. The van der Waals surface area contributed by atoms with Crippen molar-refractivity contribution in [1.29, 1.82) is 0 Å². The lowest BCUT2D eigenvalue weighted by Gasteiger charge is -2.33. The zero-order valence-electron chi connectivity index (χ0n) is 10.5. The number of carboxylic acid groups (broad SMARTS) is 1. The SMILES string of the molecule is C=C1CC(C(=O)O)CCN1C(=O)OC(C)(C)C. The van der Waals surface area contributed by atoms with Gasteiger partial charge >= 0.3 is 12.1 Å². The number of likely N-dealkylation sites (tertiary alicyclic amines) is 1. The van der Waals surface area contributed by atoms with E-state index in [1.54, 1.807) is 20.8 Å². The van der Waals surface area contributed by atoms with Gasteiger partial charge in [0.2, 0.25) is 0 Å². The monoisotopic (exact) mass is 241 g/mol. The highest BCUT2D eigenvalue weighted by molar-refractivity contribution is 5.74. The quantitative estimate of drug-likeness (QED) is 0.764. The van der Waals surface area contributed by atoms with E-state index in [4.69, 9.17) is 9.84 Å². The summed E-state index contributed by atoms with van der Waals surface area (Å²) in [6.45, 7) is 9.46. The van der Waals surface area contributed by atoms with Crippen LogP contribution in [0.5, 0.6) is 0 Å². The fourth-order valence-electron chi connectivity index (χ4n) is 1.69. The zero-order chi connectivity index (χ0) is 13.2. The van der Waals surface area contributed by atoms with Crippen molar-refractivity contribution in [2.45, 2.75) is 39.2 Å². The number of carbonyl (C=O) groups excluding carboxylic acids is 1. The average molecular weight is 241 g/mol. The molecule has 1 unspecified atom stereocenters. The molecule has 1 amide bonds. The van der Waals surface area contributed by atoms with Crippen molar-refractivity contribution in [2.75, 3.05) is 6.54 Å². The molecule has 1 rings (SSSR count). The lowest BCUT2D eigenvalue weighted by Crippen LogP contribution is -2.41. The lowest BCUT2D eigenvalue weighted by molar-refractivity contribution is -0.142. The summed E-state index contributed by atoms with van der Waals surface area (Å²) in [5.41, 5.74) is -0.0426. The summed E-state index contributed by atoms with van der Waals surface area (Å²) < 4.78 is 5.22. The third-order valence-electron chi connectivity index (χ3n) is 2.53. The van der Waals surface area contributed by atoms with Gasteiger partial charge in [-0.25, -0.2) is 4.79 Å². The number of nitrogens with zero attached hydrogens (tertiary/aromatic N) is 1. The summed E-state index contributed by atoms with van der Waals surface area (Å²) in [7, 11) is 0. The van der Waals surface area contributed by atoms with Crippen molar-refractivity contribution in [3.05, 3.63) is 12.3 Å². The number of ether oxygens (including phenoxy) is 1. The molecule has 1 heterocycles. The number of allylic oxidation sites excluding steroid dienone is 1. The van der Waals surface area contributed by atoms with E-state index in [0.717, 1.165) is 0 Å². The smallest absolute Gasteiger partial charge is 0.414 e. The molecule has 0 spiro atoms. The Bertz CT molecular complexity index is 343. The van der Waals surface area contributed by atoms with Gasteiger partial charge in [0.15, 0.2) is 0 Å². The Morgan fingerprint density at radius 1 is 1.47 bits per heavy atom. The number of aliphatic carboxylic acids is 1. The number of piperidine rings is 1. The van der Waals surface area contributed by atoms with E-state index in [1.165, 1.54) is 4.90 Å². The molecular formula is C12H19NO4. The van der Waals surface area contributed by atoms with Gasteiger partial charge in [-0.2, -0.15) is 0 Å². The molecule has 1 fully saturated rings. The number of hydrogen-bond donors (Lipinski definition) is 1. The van der Waals surface area contributed by atoms with Crippen molar-refractivity contribution in [2.24, 2.45) is 5.92 Å². The summed E-state index contributed by atoms with van der Waals surface area (Å²) in [6, 6.07) is 0. The van der Waals surface area contributed by atoms with Crippen LogP contribution in [-0.4, -0.2) is 34.2 Å². The third-order valence-corrected chi connectivity index (χ3v) is 2.53. The summed E-state index contributed by atoms with van der Waals surface area (Å²) in [5, 5.41) is 8.89. The third kappa shape index (κ3) is 3.76. The first-order valence-electron chi connectivity index (χ1n) is 5.62. The van der Waals surface area contributed by atoms with E-state index in [1.807, 2.05) is 0 Å². The van der Waals surface area contributed by atoms with E-state index in [-0.39, 0.29) is 0 Å². The molecule has 1 aliphatic heterocycles. The van der Waals surface area contributed by atoms with Crippen LogP contribution in [0.1, 0.15) is 33.6 Å². The minimum absolute atomic E-state index is 0.300. The Hall–Kier alpha value is -1.52. The van der Waals surface area contributed by atoms with Crippen LogP contribution >= 0.6 is 0 Å². The molecule has 1 N–H and O–H groups in total. The van der Waals surface area contributed by atoms with Crippen molar-refractivity contribution in [1.82, 2.24) is 4.90 Å². The molecule has 0 aromatic heterocycles. The first-order chi connectivity index (χ1) is 7.70. The van der Waals surface area contributed by atoms with Gasteiger partial charge < -0.3 is 9.84 Å². The molecule has 0 aliphatic carbocycles. The van der Waals surface area contributed by atoms with Crippen LogP contribution in [0.2, 0.25) is 0 Å². The Morgan fingerprint density at radius 2 is 2.06 bits per heavy atom. The Kier molecular flexibility index (Phi) is 3.80. The molecule has 5 nitrogen and oxygen atoms in total. The second-order valence-electron chi connectivity index (χ2n) is 5.23. The number of carboxylic acids is 1. The molecule has 0 aromatic carbocycles. The van der Waals surface area contributed by atoms with Crippen molar-refractivity contribution in [3.8, 4) is 0 Å². The van der Waals surface area contributed by atoms with Crippen LogP contribution in [0.3, 0.4) is 0 Å². The minimum Gasteiger partial charge on any atom is -0.481 e. The molecule has 17 heavy (non-hydrogen) atoms. The lowest BCUT2D eigenvalue weighted by atomic mass is 9.95. The van der Waals surface area contributed by atoms with Gasteiger partial charge in [-0.05, 0) is 27.2 Å². The van der Waals surface area contributed by atoms with Gasteiger partial charge in [-0.3, -0.25) is 9.69 Å². The van der Waals surface area contributed by atoms with E-state index in [9.17, 15) is 9.59 Å². The summed E-state index contributed by atoms with van der Waals surface area (Å²) in [4.78, 5) is 24.0. The summed E-state index contributed by atoms with van der Waals surface area (Å²) in [6.07, 6.45) is 0.286. The summed E-state index contributed by atoms with van der Waals surface area (Å²) >= 11 is 0. The Balaban J connectivity index is 2.61. The molecule has 5 heteroatoms. The molecule has 0 saturated carbocycles. The van der Waals surface area contributed by atoms with E-state index in [2.05, 4.69) is 6.58 Å². The van der Waals surface area contributed by atoms with Gasteiger partial charge in [0, 0.05) is 18.7 Å². The first kappa shape index (κ1) is 13.5. The normalized spacial score (nSPS) is 21.2. The number of rotatable bonds is 1. The fourth-order valence-corrected chi connectivity index (χ4v) is 1.69. The van der Waals surface area contributed by atoms with E-state index < -0.39 is 23.6 Å². The van der Waals surface area contributed by atoms with Gasteiger partial charge in [0.1, 0.15) is 5.60 Å². The molecule has 0 bridgehead atoms. The first-order valence-corrected chi connectivity index (χ1v) is 5.62. The van der Waals surface area contributed by atoms with Crippen LogP contribution in [0.4, 0.5) is 4.79 Å². The predicted molar refractivity (Wildman–Crippen MR) is 62.4 cm³/mol. The maximum absolute atomic E-state index is 11.8. The molecule has 1 aliphatic rings. The van der Waals surface area contributed by atoms with Crippen LogP contribution in [-0.2, 0) is 9.53 Å². The van der Waals surface area contributed by atoms with Crippen LogP contribution in [0.15, 0.2) is 12.3 Å². The van der Waals surface area contributed by atoms with Gasteiger partial charge in [-0.1, -0.05) is 6.58 Å². The average Bonchev–Trinajstić information content (AvgIpc) is 2.14. The second-order valence-corrected chi connectivity index (χ2v) is 5.23. The van der Waals surface area contributed by atoms with E-state index >= 15 is 0 Å². The topological polar surface area (TPSA) is 66.8 Å². The predicted octanol–water partition coefficient (Wildman–Crippen LogP) is 2.23. The van der Waals surface area contributed by atoms with Gasteiger partial charge in [-0.15, -0.1) is 0 Å². The van der Waals surface area contributed by atoms with Gasteiger partial charge in [0.05, 0.1) is 5.92 Å². The number of hydrogen-bond acceptors (Lipinski definition) is 3. The molecule has 0 aromatic rings. The van der Waals surface area contributed by atoms with Gasteiger partial charge in [0.25, 0.3) is 0 Å². The van der Waals surface area contributed by atoms with Crippen LogP contribution in [0.25, 0.3) is 0 Å². The molecule has 1 saturated heterocycles. The summed E-state index contributed by atoms with van der Waals surface area (Å²) in [5.74, 6) is -1.28. The van der Waals surface area contributed by atoms with Crippen LogP contribution < -0.4 is 0 Å². The largest absolute Gasteiger partial charge is 0.481 e. The molecule has 96 valence electrons. The fraction of sp³-hybridized carbons (Fsp3) is 0.667. The zero-order valence-corrected chi connectivity index (χ0v) is 10.5. The molecule has 1 atom stereocenters. The van der Waals surface area contributed by atoms with Crippen molar-refractivity contribution in [3.63, 3.8) is 0 Å². The second kappa shape index (κ2) is 4.77. The van der Waals surface area contributed by atoms with Crippen LogP contribution in [0, 0.1) is 5.92 Å². The highest BCUT2D eigenvalue weighted by Gasteiger charge is 2.32. The minimum atomic E-state index is -0.838. The highest BCUT2D eigenvalue weighted by atomic mass is 16.6. The Labute approximate surface area is 101 Å². The highest BCUT2D eigenvalue weighted by Crippen LogP contribution is 2.26. The standard InChI is InChI=1S/C12H19NO4/c1-8-7-9(10(14)15)5-6-13(8)11(16)17-12(2,3)4/h9H,1,5-7H2,2-4H3,(H,14,15). The number of amides is 1. The maximum Gasteiger partial charge on any atom is 0.414 e. The van der Waals surface area contributed by atoms with Crippen molar-refractivity contribution < 1.29 is 19.4 Å². The van der Waals surface area contributed by atoms with Crippen molar-refractivity contribution >= 4 is 12.1 Å². The maximum atomic E-state index is 11.8. The molecule has 0 radical (unpaired) electrons. The van der Waals surface area contributed by atoms with E-state index in [0.29, 0.717) is 25.1 Å².